The molecule has 1 amide bonds. The van der Waals surface area contributed by atoms with E-state index in [1.54, 1.807) is 6.20 Å². The summed E-state index contributed by atoms with van der Waals surface area (Å²) in [6.45, 7) is 3.43. The lowest BCUT2D eigenvalue weighted by atomic mass is 9.89. The number of rotatable bonds is 5. The monoisotopic (exact) mass is 393 g/mol. The standard InChI is InChI=1S/C22H23N3O2S/c1-16-14-19(24-27-16)15-28-21-20(8-5-11-23-21)22(26)25-12-9-18(10-13-25)17-6-3-2-4-7-17/h2-8,11,14,18H,9-10,12-13,15H2,1H3. The molecule has 5 nitrogen and oxygen atoms in total. The Morgan fingerprint density at radius 1 is 1.18 bits per heavy atom. The van der Waals surface area contributed by atoms with E-state index in [9.17, 15) is 4.79 Å². The van der Waals surface area contributed by atoms with Crippen molar-refractivity contribution in [2.45, 2.75) is 36.5 Å². The van der Waals surface area contributed by atoms with Gasteiger partial charge in [0.15, 0.2) is 0 Å². The van der Waals surface area contributed by atoms with E-state index in [2.05, 4.69) is 34.4 Å². The van der Waals surface area contributed by atoms with Gasteiger partial charge in [-0.2, -0.15) is 0 Å². The smallest absolute Gasteiger partial charge is 0.256 e. The lowest BCUT2D eigenvalue weighted by Crippen LogP contribution is -2.38. The molecule has 6 heteroatoms. The van der Waals surface area contributed by atoms with Crippen LogP contribution in [0.15, 0.2) is 64.3 Å². The molecule has 0 spiro atoms. The molecule has 0 unspecified atom stereocenters. The maximum absolute atomic E-state index is 13.1. The number of nitrogens with zero attached hydrogens (tertiary/aromatic N) is 3. The molecule has 144 valence electrons. The predicted octanol–water partition coefficient (Wildman–Crippen LogP) is 4.69. The van der Waals surface area contributed by atoms with Crippen molar-refractivity contribution in [1.82, 2.24) is 15.0 Å². The topological polar surface area (TPSA) is 59.2 Å². The van der Waals surface area contributed by atoms with Gasteiger partial charge in [-0.1, -0.05) is 47.3 Å². The minimum Gasteiger partial charge on any atom is -0.361 e. The van der Waals surface area contributed by atoms with Crippen LogP contribution in [0.2, 0.25) is 0 Å². The summed E-state index contributed by atoms with van der Waals surface area (Å²) in [5, 5.41) is 4.76. The highest BCUT2D eigenvalue weighted by atomic mass is 32.2. The number of piperidine rings is 1. The van der Waals surface area contributed by atoms with Gasteiger partial charge in [-0.15, -0.1) is 0 Å². The van der Waals surface area contributed by atoms with Crippen LogP contribution in [-0.2, 0) is 5.75 Å². The molecule has 4 rings (SSSR count). The van der Waals surface area contributed by atoms with Crippen molar-refractivity contribution in [3.63, 3.8) is 0 Å². The largest absolute Gasteiger partial charge is 0.361 e. The van der Waals surface area contributed by atoms with Gasteiger partial charge in [0.25, 0.3) is 5.91 Å². The number of hydrogen-bond donors (Lipinski definition) is 0. The summed E-state index contributed by atoms with van der Waals surface area (Å²) >= 11 is 1.52. The minimum absolute atomic E-state index is 0.0680. The van der Waals surface area contributed by atoms with Crippen LogP contribution >= 0.6 is 11.8 Å². The molecule has 1 aliphatic heterocycles. The zero-order valence-corrected chi connectivity index (χ0v) is 16.7. The zero-order valence-electron chi connectivity index (χ0n) is 15.9. The lowest BCUT2D eigenvalue weighted by molar-refractivity contribution is 0.0708. The summed E-state index contributed by atoms with van der Waals surface area (Å²) < 4.78 is 5.11. The van der Waals surface area contributed by atoms with E-state index in [1.807, 2.05) is 36.1 Å². The van der Waals surface area contributed by atoms with Gasteiger partial charge in [-0.05, 0) is 43.4 Å². The number of carbonyl (C=O) groups excluding carboxylic acids is 1. The number of thioether (sulfide) groups is 1. The molecule has 0 N–H and O–H groups in total. The summed E-state index contributed by atoms with van der Waals surface area (Å²) in [5.74, 6) is 2.01. The summed E-state index contributed by atoms with van der Waals surface area (Å²) in [7, 11) is 0. The first-order chi connectivity index (χ1) is 13.7. The van der Waals surface area contributed by atoms with Crippen molar-refractivity contribution in [3.05, 3.63) is 77.3 Å². The van der Waals surface area contributed by atoms with Crippen LogP contribution in [0.3, 0.4) is 0 Å². The second kappa shape index (κ2) is 8.61. The number of benzene rings is 1. The predicted molar refractivity (Wildman–Crippen MR) is 109 cm³/mol. The van der Waals surface area contributed by atoms with E-state index < -0.39 is 0 Å². The number of amides is 1. The number of aryl methyl sites for hydroxylation is 1. The summed E-state index contributed by atoms with van der Waals surface area (Å²) in [4.78, 5) is 19.5. The molecule has 3 heterocycles. The number of carbonyl (C=O) groups is 1. The highest BCUT2D eigenvalue weighted by Crippen LogP contribution is 2.30. The molecule has 1 saturated heterocycles. The van der Waals surface area contributed by atoms with Crippen molar-refractivity contribution in [1.29, 1.82) is 0 Å². The van der Waals surface area contributed by atoms with Crippen molar-refractivity contribution >= 4 is 17.7 Å². The number of hydrogen-bond acceptors (Lipinski definition) is 5. The molecular formula is C22H23N3O2S. The SMILES string of the molecule is Cc1cc(CSc2ncccc2C(=O)N2CCC(c3ccccc3)CC2)no1. The Morgan fingerprint density at radius 2 is 1.96 bits per heavy atom. The van der Waals surface area contributed by atoms with Gasteiger partial charge in [0, 0.05) is 31.1 Å². The van der Waals surface area contributed by atoms with Crippen LogP contribution in [0.25, 0.3) is 0 Å². The van der Waals surface area contributed by atoms with Crippen LogP contribution in [0.5, 0.6) is 0 Å². The molecule has 0 radical (unpaired) electrons. The molecule has 1 fully saturated rings. The normalized spacial score (nSPS) is 15.0. The van der Waals surface area contributed by atoms with E-state index in [-0.39, 0.29) is 5.91 Å². The molecule has 1 aliphatic rings. The van der Waals surface area contributed by atoms with Crippen molar-refractivity contribution < 1.29 is 9.32 Å². The van der Waals surface area contributed by atoms with Crippen LogP contribution in [-0.4, -0.2) is 34.0 Å². The molecule has 0 atom stereocenters. The summed E-state index contributed by atoms with van der Waals surface area (Å²) in [6, 6.07) is 16.2. The number of likely N-dealkylation sites (tertiary alicyclic amines) is 1. The number of pyridine rings is 1. The average Bonchev–Trinajstić information content (AvgIpc) is 3.18. The second-order valence-electron chi connectivity index (χ2n) is 7.05. The summed E-state index contributed by atoms with van der Waals surface area (Å²) in [6.07, 6.45) is 3.72. The Hall–Kier alpha value is -2.60. The van der Waals surface area contributed by atoms with Crippen LogP contribution in [0, 0.1) is 6.92 Å². The fourth-order valence-electron chi connectivity index (χ4n) is 3.61. The molecule has 0 bridgehead atoms. The summed E-state index contributed by atoms with van der Waals surface area (Å²) in [5.41, 5.74) is 2.90. The molecule has 28 heavy (non-hydrogen) atoms. The van der Waals surface area contributed by atoms with Gasteiger partial charge < -0.3 is 9.42 Å². The first kappa shape index (κ1) is 18.7. The van der Waals surface area contributed by atoms with Crippen LogP contribution in [0.4, 0.5) is 0 Å². The Morgan fingerprint density at radius 3 is 2.68 bits per heavy atom. The average molecular weight is 394 g/mol. The minimum atomic E-state index is 0.0680. The lowest BCUT2D eigenvalue weighted by Gasteiger charge is -2.32. The fraction of sp³-hybridized carbons (Fsp3) is 0.318. The van der Waals surface area contributed by atoms with Gasteiger partial charge in [0.05, 0.1) is 11.3 Å². The highest BCUT2D eigenvalue weighted by Gasteiger charge is 2.26. The first-order valence-electron chi connectivity index (χ1n) is 9.55. The van der Waals surface area contributed by atoms with Gasteiger partial charge in [-0.3, -0.25) is 4.79 Å². The Kier molecular flexibility index (Phi) is 5.76. The third kappa shape index (κ3) is 4.28. The van der Waals surface area contributed by atoms with Crippen molar-refractivity contribution in [2.24, 2.45) is 0 Å². The highest BCUT2D eigenvalue weighted by molar-refractivity contribution is 7.98. The Labute approximate surface area is 169 Å². The molecular weight excluding hydrogens is 370 g/mol. The van der Waals surface area contributed by atoms with Gasteiger partial charge in [0.2, 0.25) is 0 Å². The third-order valence-electron chi connectivity index (χ3n) is 5.09. The van der Waals surface area contributed by atoms with E-state index in [0.717, 1.165) is 42.4 Å². The van der Waals surface area contributed by atoms with E-state index >= 15 is 0 Å². The van der Waals surface area contributed by atoms with Crippen LogP contribution in [0.1, 0.15) is 46.1 Å². The van der Waals surface area contributed by atoms with E-state index in [4.69, 9.17) is 4.52 Å². The first-order valence-corrected chi connectivity index (χ1v) is 10.5. The fourth-order valence-corrected chi connectivity index (χ4v) is 4.48. The van der Waals surface area contributed by atoms with Gasteiger partial charge in [0.1, 0.15) is 10.8 Å². The molecule has 0 saturated carbocycles. The third-order valence-corrected chi connectivity index (χ3v) is 6.13. The molecule has 2 aromatic heterocycles. The quantitative estimate of drug-likeness (QED) is 0.589. The van der Waals surface area contributed by atoms with Gasteiger partial charge in [-0.25, -0.2) is 4.98 Å². The maximum Gasteiger partial charge on any atom is 0.256 e. The molecule has 1 aromatic carbocycles. The van der Waals surface area contributed by atoms with E-state index in [0.29, 0.717) is 17.2 Å². The van der Waals surface area contributed by atoms with E-state index in [1.165, 1.54) is 17.3 Å². The van der Waals surface area contributed by atoms with Crippen LogP contribution < -0.4 is 0 Å². The molecule has 0 aliphatic carbocycles. The number of aromatic nitrogens is 2. The second-order valence-corrected chi connectivity index (χ2v) is 8.01. The zero-order chi connectivity index (χ0) is 19.3. The Bertz CT molecular complexity index is 934. The maximum atomic E-state index is 13.1. The van der Waals surface area contributed by atoms with Crippen molar-refractivity contribution in [2.75, 3.05) is 13.1 Å². The van der Waals surface area contributed by atoms with Crippen molar-refractivity contribution in [3.8, 4) is 0 Å². The molecule has 3 aromatic rings. The Balaban J connectivity index is 1.41. The van der Waals surface area contributed by atoms with Gasteiger partial charge >= 0.3 is 0 Å².